The van der Waals surface area contributed by atoms with E-state index in [1.54, 1.807) is 0 Å². The second-order valence-electron chi connectivity index (χ2n) is 4.05. The van der Waals surface area contributed by atoms with Crippen molar-refractivity contribution in [1.29, 1.82) is 0 Å². The number of hydrogen-bond acceptors (Lipinski definition) is 0. The lowest BCUT2D eigenvalue weighted by atomic mass is 9.84. The van der Waals surface area contributed by atoms with Crippen LogP contribution in [0.25, 0.3) is 0 Å². The van der Waals surface area contributed by atoms with Gasteiger partial charge in [-0.25, -0.2) is 0 Å². The molecule has 1 rings (SSSR count). The molecule has 1 aliphatic rings. The third-order valence-corrected chi connectivity index (χ3v) is 3.90. The lowest BCUT2D eigenvalue weighted by molar-refractivity contribution is 0.483. The molecule has 0 amide bonds. The summed E-state index contributed by atoms with van der Waals surface area (Å²) in [5, 5.41) is 0.0952. The maximum Gasteiger partial charge on any atom is 0.0588 e. The summed E-state index contributed by atoms with van der Waals surface area (Å²) in [7, 11) is 0. The molecule has 1 saturated carbocycles. The van der Waals surface area contributed by atoms with Crippen LogP contribution in [0.15, 0.2) is 11.1 Å². The van der Waals surface area contributed by atoms with E-state index in [2.05, 4.69) is 13.8 Å². The van der Waals surface area contributed by atoms with Gasteiger partial charge in [0.15, 0.2) is 0 Å². The van der Waals surface area contributed by atoms with E-state index in [1.807, 2.05) is 6.92 Å². The van der Waals surface area contributed by atoms with Crippen molar-refractivity contribution < 1.29 is 0 Å². The van der Waals surface area contributed by atoms with Crippen molar-refractivity contribution in [2.75, 3.05) is 0 Å². The average Bonchev–Trinajstić information content (AvgIpc) is 1.94. The summed E-state index contributed by atoms with van der Waals surface area (Å²) in [6, 6.07) is 0. The number of alkyl halides is 2. The fourth-order valence-electron chi connectivity index (χ4n) is 1.54. The van der Waals surface area contributed by atoms with E-state index < -0.39 is 0 Å². The highest BCUT2D eigenvalue weighted by Crippen LogP contribution is 2.40. The molecule has 2 heteroatoms. The quantitative estimate of drug-likeness (QED) is 0.414. The lowest BCUT2D eigenvalue weighted by Crippen LogP contribution is -2.33. The molecule has 0 bridgehead atoms. The summed E-state index contributed by atoms with van der Waals surface area (Å²) in [5.74, 6) is 0. The van der Waals surface area contributed by atoms with Gasteiger partial charge in [-0.15, -0.1) is 23.2 Å². The van der Waals surface area contributed by atoms with Crippen molar-refractivity contribution in [3.8, 4) is 0 Å². The van der Waals surface area contributed by atoms with Crippen LogP contribution in [0, 0.1) is 0 Å². The van der Waals surface area contributed by atoms with Crippen LogP contribution < -0.4 is 0 Å². The molecular formula is C10H16Cl2. The molecule has 0 spiro atoms. The minimum Gasteiger partial charge on any atom is -0.121 e. The van der Waals surface area contributed by atoms with E-state index in [0.717, 1.165) is 19.3 Å². The molecule has 0 saturated heterocycles. The minimum atomic E-state index is -0.194. The Kier molecular flexibility index (Phi) is 3.11. The highest BCUT2D eigenvalue weighted by Gasteiger charge is 2.35. The van der Waals surface area contributed by atoms with Crippen LogP contribution in [0.5, 0.6) is 0 Å². The zero-order valence-electron chi connectivity index (χ0n) is 7.95. The molecule has 12 heavy (non-hydrogen) atoms. The van der Waals surface area contributed by atoms with Crippen LogP contribution in [0.4, 0.5) is 0 Å². The Morgan fingerprint density at radius 3 is 2.50 bits per heavy atom. The van der Waals surface area contributed by atoms with Gasteiger partial charge in [-0.05, 0) is 40.0 Å². The van der Waals surface area contributed by atoms with Crippen molar-refractivity contribution in [3.63, 3.8) is 0 Å². The van der Waals surface area contributed by atoms with Crippen LogP contribution in [0.1, 0.15) is 40.0 Å². The molecule has 0 nitrogen and oxygen atoms in total. The zero-order chi connectivity index (χ0) is 9.35. The maximum absolute atomic E-state index is 6.24. The Labute approximate surface area is 84.9 Å². The number of halogens is 2. The molecule has 0 radical (unpaired) electrons. The molecule has 0 N–H and O–H groups in total. The van der Waals surface area contributed by atoms with E-state index in [9.17, 15) is 0 Å². The molecular weight excluding hydrogens is 191 g/mol. The van der Waals surface area contributed by atoms with E-state index >= 15 is 0 Å². The first kappa shape index (κ1) is 10.4. The van der Waals surface area contributed by atoms with Crippen LogP contribution in [-0.2, 0) is 0 Å². The summed E-state index contributed by atoms with van der Waals surface area (Å²) in [6.07, 6.45) is 3.08. The number of allylic oxidation sites excluding steroid dienone is 2. The van der Waals surface area contributed by atoms with Gasteiger partial charge in [0.25, 0.3) is 0 Å². The third kappa shape index (κ3) is 2.17. The molecule has 0 aromatic rings. The van der Waals surface area contributed by atoms with Crippen LogP contribution in [0.3, 0.4) is 0 Å². The normalized spacial score (nSPS) is 36.8. The lowest BCUT2D eigenvalue weighted by Gasteiger charge is -2.34. The van der Waals surface area contributed by atoms with Gasteiger partial charge in [-0.2, -0.15) is 0 Å². The summed E-state index contributed by atoms with van der Waals surface area (Å²) >= 11 is 12.4. The molecule has 0 aromatic heterocycles. The number of rotatable bonds is 0. The molecule has 2 atom stereocenters. The topological polar surface area (TPSA) is 0 Å². The van der Waals surface area contributed by atoms with Gasteiger partial charge >= 0.3 is 0 Å². The van der Waals surface area contributed by atoms with Gasteiger partial charge in [0.05, 0.1) is 10.3 Å². The first-order valence-corrected chi connectivity index (χ1v) is 5.23. The summed E-state index contributed by atoms with van der Waals surface area (Å²) in [6.45, 7) is 6.33. The Hall–Kier alpha value is 0.320. The van der Waals surface area contributed by atoms with Crippen molar-refractivity contribution in [2.45, 2.75) is 50.3 Å². The van der Waals surface area contributed by atoms with Gasteiger partial charge in [0, 0.05) is 0 Å². The van der Waals surface area contributed by atoms with Gasteiger partial charge in [-0.1, -0.05) is 11.1 Å². The van der Waals surface area contributed by atoms with Crippen molar-refractivity contribution in [1.82, 2.24) is 0 Å². The fraction of sp³-hybridized carbons (Fsp3) is 0.800. The van der Waals surface area contributed by atoms with Crippen molar-refractivity contribution in [3.05, 3.63) is 11.1 Å². The number of hydrogen-bond donors (Lipinski definition) is 0. The highest BCUT2D eigenvalue weighted by molar-refractivity contribution is 6.32. The molecule has 0 heterocycles. The van der Waals surface area contributed by atoms with E-state index in [4.69, 9.17) is 23.2 Å². The Morgan fingerprint density at radius 2 is 2.08 bits per heavy atom. The predicted octanol–water partition coefficient (Wildman–Crippen LogP) is 4.11. The Morgan fingerprint density at radius 1 is 1.50 bits per heavy atom. The molecule has 1 fully saturated rings. The smallest absolute Gasteiger partial charge is 0.0588 e. The van der Waals surface area contributed by atoms with Crippen LogP contribution >= 0.6 is 23.2 Å². The van der Waals surface area contributed by atoms with Crippen molar-refractivity contribution >= 4 is 23.2 Å². The zero-order valence-corrected chi connectivity index (χ0v) is 9.47. The Bertz CT molecular complexity index is 200. The molecule has 1 aliphatic carbocycles. The van der Waals surface area contributed by atoms with Gasteiger partial charge < -0.3 is 0 Å². The third-order valence-electron chi connectivity index (χ3n) is 2.70. The summed E-state index contributed by atoms with van der Waals surface area (Å²) in [5.41, 5.74) is 2.90. The standard InChI is InChI=1S/C10H16Cl2/c1-7(2)8-4-5-10(3,12)9(11)6-8/h9H,4-6H2,1-3H3/t9-,10-/m0/s1. The second kappa shape index (κ2) is 3.59. The summed E-state index contributed by atoms with van der Waals surface area (Å²) < 4.78 is 0. The van der Waals surface area contributed by atoms with Crippen LogP contribution in [-0.4, -0.2) is 10.3 Å². The second-order valence-corrected chi connectivity index (χ2v) is 5.44. The van der Waals surface area contributed by atoms with Gasteiger partial charge in [0.2, 0.25) is 0 Å². The van der Waals surface area contributed by atoms with E-state index in [0.29, 0.717) is 0 Å². The van der Waals surface area contributed by atoms with Crippen molar-refractivity contribution in [2.24, 2.45) is 0 Å². The van der Waals surface area contributed by atoms with E-state index in [-0.39, 0.29) is 10.3 Å². The SMILES string of the molecule is CC(C)=C1CC[C@](C)(Cl)[C@@H](Cl)C1. The molecule has 70 valence electrons. The monoisotopic (exact) mass is 206 g/mol. The van der Waals surface area contributed by atoms with Gasteiger partial charge in [0.1, 0.15) is 0 Å². The molecule has 0 aliphatic heterocycles. The predicted molar refractivity (Wildman–Crippen MR) is 56.1 cm³/mol. The minimum absolute atomic E-state index is 0.0952. The average molecular weight is 207 g/mol. The largest absolute Gasteiger partial charge is 0.121 e. The molecule has 0 unspecified atom stereocenters. The van der Waals surface area contributed by atoms with Crippen LogP contribution in [0.2, 0.25) is 0 Å². The highest BCUT2D eigenvalue weighted by atomic mass is 35.5. The summed E-state index contributed by atoms with van der Waals surface area (Å²) in [4.78, 5) is -0.194. The first-order chi connectivity index (χ1) is 5.43. The van der Waals surface area contributed by atoms with E-state index in [1.165, 1.54) is 11.1 Å². The first-order valence-electron chi connectivity index (χ1n) is 4.41. The fourth-order valence-corrected chi connectivity index (χ4v) is 2.00. The molecule has 0 aromatic carbocycles. The maximum atomic E-state index is 6.24. The van der Waals surface area contributed by atoms with Gasteiger partial charge in [-0.3, -0.25) is 0 Å². The Balaban J connectivity index is 2.71.